The van der Waals surface area contributed by atoms with Crippen molar-refractivity contribution in [2.24, 2.45) is 0 Å². The van der Waals surface area contributed by atoms with Crippen LogP contribution in [-0.4, -0.2) is 50.3 Å². The van der Waals surface area contributed by atoms with Gasteiger partial charge in [0.2, 0.25) is 0 Å². The molecule has 2 fully saturated rings. The van der Waals surface area contributed by atoms with Crippen LogP contribution in [0.1, 0.15) is 44.9 Å². The highest BCUT2D eigenvalue weighted by Crippen LogP contribution is 2.21. The maximum Gasteiger partial charge on any atom is 0.0724 e. The lowest BCUT2D eigenvalue weighted by molar-refractivity contribution is 0.0381. The molecule has 0 amide bonds. The molecule has 1 heterocycles. The number of piperidine rings is 1. The fraction of sp³-hybridized carbons (Fsp3) is 1.00. The Morgan fingerprint density at radius 1 is 1.12 bits per heavy atom. The number of nitrogens with zero attached hydrogens (tertiary/aromatic N) is 1. The minimum Gasteiger partial charge on any atom is -0.380 e. The zero-order valence-electron chi connectivity index (χ0n) is 11.5. The minimum absolute atomic E-state index is 0.442. The first-order valence-corrected chi connectivity index (χ1v) is 7.27. The van der Waals surface area contributed by atoms with Gasteiger partial charge in [0.15, 0.2) is 0 Å². The van der Waals surface area contributed by atoms with Gasteiger partial charge in [0.05, 0.1) is 6.10 Å². The molecule has 0 aromatic rings. The van der Waals surface area contributed by atoms with Crippen LogP contribution in [0.25, 0.3) is 0 Å². The maximum atomic E-state index is 5.59. The summed E-state index contributed by atoms with van der Waals surface area (Å²) in [6.45, 7) is 2.41. The molecule has 0 spiro atoms. The topological polar surface area (TPSA) is 24.5 Å². The van der Waals surface area contributed by atoms with Crippen LogP contribution in [0.2, 0.25) is 0 Å². The van der Waals surface area contributed by atoms with E-state index < -0.39 is 0 Å². The van der Waals surface area contributed by atoms with E-state index in [1.54, 1.807) is 0 Å². The molecule has 1 saturated carbocycles. The predicted octanol–water partition coefficient (Wildman–Crippen LogP) is 2.02. The van der Waals surface area contributed by atoms with Crippen LogP contribution in [0.3, 0.4) is 0 Å². The third-order valence-electron chi connectivity index (χ3n) is 4.54. The highest BCUT2D eigenvalue weighted by atomic mass is 16.5. The molecule has 100 valence electrons. The van der Waals surface area contributed by atoms with E-state index in [2.05, 4.69) is 17.3 Å². The third kappa shape index (κ3) is 3.67. The Morgan fingerprint density at radius 3 is 2.65 bits per heavy atom. The van der Waals surface area contributed by atoms with Gasteiger partial charge in [0, 0.05) is 25.7 Å². The first kappa shape index (κ1) is 13.3. The van der Waals surface area contributed by atoms with Crippen LogP contribution in [-0.2, 0) is 4.74 Å². The van der Waals surface area contributed by atoms with E-state index in [1.165, 1.54) is 51.5 Å². The van der Waals surface area contributed by atoms with E-state index in [-0.39, 0.29) is 0 Å². The molecule has 1 saturated heterocycles. The molecule has 1 aliphatic heterocycles. The fourth-order valence-corrected chi connectivity index (χ4v) is 3.30. The number of nitrogens with one attached hydrogen (secondary N) is 1. The number of hydrogen-bond acceptors (Lipinski definition) is 3. The molecular weight excluding hydrogens is 212 g/mol. The SMILES string of the molecule is COC1CCCCC1NCC1CCCCN1C. The summed E-state index contributed by atoms with van der Waals surface area (Å²) < 4.78 is 5.59. The molecule has 3 nitrogen and oxygen atoms in total. The summed E-state index contributed by atoms with van der Waals surface area (Å²) in [6, 6.07) is 1.33. The zero-order chi connectivity index (χ0) is 12.1. The van der Waals surface area contributed by atoms with Crippen LogP contribution < -0.4 is 5.32 Å². The van der Waals surface area contributed by atoms with Crippen LogP contribution in [0.5, 0.6) is 0 Å². The molecule has 2 aliphatic rings. The smallest absolute Gasteiger partial charge is 0.0724 e. The average Bonchev–Trinajstić information content (AvgIpc) is 2.38. The lowest BCUT2D eigenvalue weighted by Gasteiger charge is -2.36. The van der Waals surface area contributed by atoms with Crippen molar-refractivity contribution in [3.8, 4) is 0 Å². The quantitative estimate of drug-likeness (QED) is 0.813. The summed E-state index contributed by atoms with van der Waals surface area (Å²) in [5, 5.41) is 3.76. The molecule has 3 atom stereocenters. The molecule has 0 aromatic heterocycles. The van der Waals surface area contributed by atoms with Gasteiger partial charge < -0.3 is 15.0 Å². The predicted molar refractivity (Wildman–Crippen MR) is 71.3 cm³/mol. The van der Waals surface area contributed by atoms with Gasteiger partial charge in [-0.15, -0.1) is 0 Å². The number of likely N-dealkylation sites (tertiary alicyclic amines) is 1. The number of methoxy groups -OCH3 is 1. The fourth-order valence-electron chi connectivity index (χ4n) is 3.30. The molecule has 0 aromatic carbocycles. The van der Waals surface area contributed by atoms with Gasteiger partial charge in [-0.3, -0.25) is 0 Å². The number of rotatable bonds is 4. The Bertz CT molecular complexity index is 222. The van der Waals surface area contributed by atoms with Crippen LogP contribution in [0.4, 0.5) is 0 Å². The van der Waals surface area contributed by atoms with Gasteiger partial charge in [-0.05, 0) is 39.3 Å². The van der Waals surface area contributed by atoms with Gasteiger partial charge in [-0.1, -0.05) is 19.3 Å². The number of ether oxygens (including phenoxy) is 1. The van der Waals surface area contributed by atoms with Crippen LogP contribution in [0.15, 0.2) is 0 Å². The molecule has 2 rings (SSSR count). The third-order valence-corrected chi connectivity index (χ3v) is 4.54. The monoisotopic (exact) mass is 240 g/mol. The molecule has 3 unspecified atom stereocenters. The Labute approximate surface area is 106 Å². The van der Waals surface area contributed by atoms with E-state index in [9.17, 15) is 0 Å². The normalized spacial score (nSPS) is 36.0. The molecule has 1 N–H and O–H groups in total. The van der Waals surface area contributed by atoms with Crippen molar-refractivity contribution in [2.75, 3.05) is 27.2 Å². The lowest BCUT2D eigenvalue weighted by atomic mass is 9.92. The van der Waals surface area contributed by atoms with E-state index >= 15 is 0 Å². The number of hydrogen-bond donors (Lipinski definition) is 1. The van der Waals surface area contributed by atoms with Gasteiger partial charge in [-0.2, -0.15) is 0 Å². The first-order valence-electron chi connectivity index (χ1n) is 7.27. The van der Waals surface area contributed by atoms with E-state index in [1.807, 2.05) is 7.11 Å². The Hall–Kier alpha value is -0.120. The average molecular weight is 240 g/mol. The lowest BCUT2D eigenvalue weighted by Crippen LogP contribution is -2.50. The van der Waals surface area contributed by atoms with Crippen molar-refractivity contribution in [3.05, 3.63) is 0 Å². The summed E-state index contributed by atoms with van der Waals surface area (Å²) in [5.74, 6) is 0. The van der Waals surface area contributed by atoms with Crippen molar-refractivity contribution < 1.29 is 4.74 Å². The summed E-state index contributed by atoms with van der Waals surface area (Å²) in [6.07, 6.45) is 9.78. The van der Waals surface area contributed by atoms with Crippen molar-refractivity contribution >= 4 is 0 Å². The van der Waals surface area contributed by atoms with Gasteiger partial charge in [0.25, 0.3) is 0 Å². The molecule has 17 heavy (non-hydrogen) atoms. The Morgan fingerprint density at radius 2 is 1.88 bits per heavy atom. The number of likely N-dealkylation sites (N-methyl/N-ethyl adjacent to an activating group) is 1. The minimum atomic E-state index is 0.442. The second-order valence-corrected chi connectivity index (χ2v) is 5.70. The largest absolute Gasteiger partial charge is 0.380 e. The van der Waals surface area contributed by atoms with Gasteiger partial charge >= 0.3 is 0 Å². The Kier molecular flexibility index (Phi) is 5.26. The van der Waals surface area contributed by atoms with Crippen molar-refractivity contribution in [1.82, 2.24) is 10.2 Å². The second-order valence-electron chi connectivity index (χ2n) is 5.70. The molecule has 3 heteroatoms. The van der Waals surface area contributed by atoms with E-state index in [0.717, 1.165) is 12.6 Å². The van der Waals surface area contributed by atoms with Crippen molar-refractivity contribution in [2.45, 2.75) is 63.1 Å². The maximum absolute atomic E-state index is 5.59. The molecule has 0 bridgehead atoms. The second kappa shape index (κ2) is 6.72. The van der Waals surface area contributed by atoms with Crippen LogP contribution >= 0.6 is 0 Å². The van der Waals surface area contributed by atoms with E-state index in [4.69, 9.17) is 4.74 Å². The summed E-state index contributed by atoms with van der Waals surface area (Å²) in [4.78, 5) is 2.52. The highest BCUT2D eigenvalue weighted by Gasteiger charge is 2.26. The summed E-state index contributed by atoms with van der Waals surface area (Å²) in [7, 11) is 4.12. The van der Waals surface area contributed by atoms with Crippen molar-refractivity contribution in [3.63, 3.8) is 0 Å². The highest BCUT2D eigenvalue weighted by molar-refractivity contribution is 4.84. The molecular formula is C14H28N2O. The van der Waals surface area contributed by atoms with Gasteiger partial charge in [-0.25, -0.2) is 0 Å². The van der Waals surface area contributed by atoms with Crippen molar-refractivity contribution in [1.29, 1.82) is 0 Å². The van der Waals surface area contributed by atoms with Crippen LogP contribution in [0, 0.1) is 0 Å². The zero-order valence-corrected chi connectivity index (χ0v) is 11.5. The molecule has 0 radical (unpaired) electrons. The van der Waals surface area contributed by atoms with Gasteiger partial charge in [0.1, 0.15) is 0 Å². The summed E-state index contributed by atoms with van der Waals surface area (Å²) >= 11 is 0. The first-order chi connectivity index (χ1) is 8.31. The standard InChI is InChI=1S/C14H28N2O/c1-16-10-6-5-7-12(16)11-15-13-8-3-4-9-14(13)17-2/h12-15H,3-11H2,1-2H3. The molecule has 1 aliphatic carbocycles. The Balaban J connectivity index is 1.75. The summed E-state index contributed by atoms with van der Waals surface area (Å²) in [5.41, 5.74) is 0. The van der Waals surface area contributed by atoms with E-state index in [0.29, 0.717) is 12.1 Å².